The number of carbonyl (C=O) groups excluding carboxylic acids is 1. The molecule has 42 heavy (non-hydrogen) atoms. The fraction of sp³-hybridized carbons (Fsp3) is 0.429. The third-order valence-corrected chi connectivity index (χ3v) is 11.7. The Balaban J connectivity index is 1.53. The number of rotatable bonds is 10. The number of amides is 1. The van der Waals surface area contributed by atoms with Crippen LogP contribution in [0.15, 0.2) is 83.9 Å². The number of halogens is 3. The number of carbonyl (C=O) groups is 1. The van der Waals surface area contributed by atoms with Gasteiger partial charge in [-0.2, -0.15) is 13.2 Å². The minimum absolute atomic E-state index is 0.232. The van der Waals surface area contributed by atoms with E-state index in [-0.39, 0.29) is 17.5 Å². The Bertz CT molecular complexity index is 1350. The van der Waals surface area contributed by atoms with Gasteiger partial charge in [0.2, 0.25) is 0 Å². The summed E-state index contributed by atoms with van der Waals surface area (Å²) in [5.74, 6) is 0.321. The standard InChI is InChI=1S/C35H40F3N2OP/c1-2-3-4-13-24-42(29-16-9-6-10-17-29)32-19-12-11-18-30(32)33-39-31(26-14-7-5-8-15-26)25-40(33)34(41)27-20-22-28(23-21-27)35(36,37)38/h5,7-8,11-12,14-15,18-23,29,31H,2-4,6,9-10,13,16-17,24-25H2,1H3. The van der Waals surface area contributed by atoms with Crippen LogP contribution in [0.1, 0.15) is 97.8 Å². The van der Waals surface area contributed by atoms with E-state index in [0.29, 0.717) is 18.0 Å². The van der Waals surface area contributed by atoms with Crippen LogP contribution >= 0.6 is 7.92 Å². The van der Waals surface area contributed by atoms with Crippen LogP contribution in [0.4, 0.5) is 13.2 Å². The van der Waals surface area contributed by atoms with E-state index < -0.39 is 19.7 Å². The number of amidine groups is 1. The molecule has 1 aliphatic heterocycles. The second kappa shape index (κ2) is 14.0. The predicted molar refractivity (Wildman–Crippen MR) is 167 cm³/mol. The Hall–Kier alpha value is -2.98. The molecular weight excluding hydrogens is 552 g/mol. The number of hydrogen-bond acceptors (Lipinski definition) is 2. The Morgan fingerprint density at radius 3 is 2.26 bits per heavy atom. The van der Waals surface area contributed by atoms with Gasteiger partial charge >= 0.3 is 6.18 Å². The first-order valence-electron chi connectivity index (χ1n) is 15.3. The normalized spacial score (nSPS) is 18.6. The average molecular weight is 593 g/mol. The molecule has 1 fully saturated rings. The molecule has 0 radical (unpaired) electrons. The molecule has 3 nitrogen and oxygen atoms in total. The summed E-state index contributed by atoms with van der Waals surface area (Å²) in [6.07, 6.45) is 7.98. The van der Waals surface area contributed by atoms with Gasteiger partial charge in [0.1, 0.15) is 5.84 Å². The SMILES string of the molecule is CCCCCCP(c1ccccc1C1=NC(c2ccccc2)CN1C(=O)c1ccc(C(F)(F)F)cc1)C1CCCCC1. The predicted octanol–water partition coefficient (Wildman–Crippen LogP) is 9.37. The molecule has 0 bridgehead atoms. The molecule has 1 heterocycles. The molecule has 0 saturated heterocycles. The van der Waals surface area contributed by atoms with Crippen LogP contribution < -0.4 is 5.30 Å². The van der Waals surface area contributed by atoms with Crippen LogP contribution in [-0.4, -0.2) is 35.0 Å². The maximum Gasteiger partial charge on any atom is 0.416 e. The quantitative estimate of drug-likeness (QED) is 0.171. The third kappa shape index (κ3) is 7.14. The third-order valence-electron chi connectivity index (χ3n) is 8.50. The summed E-state index contributed by atoms with van der Waals surface area (Å²) >= 11 is 0. The zero-order valence-corrected chi connectivity index (χ0v) is 25.2. The number of benzene rings is 3. The van der Waals surface area contributed by atoms with Gasteiger partial charge in [-0.25, -0.2) is 0 Å². The molecule has 0 N–H and O–H groups in total. The van der Waals surface area contributed by atoms with Gasteiger partial charge in [-0.1, -0.05) is 108 Å². The van der Waals surface area contributed by atoms with Crippen molar-refractivity contribution in [3.05, 3.63) is 101 Å². The van der Waals surface area contributed by atoms with E-state index in [0.717, 1.165) is 23.3 Å². The Labute approximate surface area is 249 Å². The van der Waals surface area contributed by atoms with Gasteiger partial charge in [0.05, 0.1) is 18.2 Å². The van der Waals surface area contributed by atoms with E-state index in [2.05, 4.69) is 25.1 Å². The zero-order chi connectivity index (χ0) is 29.5. The highest BCUT2D eigenvalue weighted by atomic mass is 31.1. The fourth-order valence-corrected chi connectivity index (χ4v) is 9.55. The van der Waals surface area contributed by atoms with Crippen molar-refractivity contribution in [3.8, 4) is 0 Å². The second-order valence-corrected chi connectivity index (χ2v) is 14.0. The minimum Gasteiger partial charge on any atom is -0.290 e. The molecule has 3 aromatic rings. The first-order valence-corrected chi connectivity index (χ1v) is 16.9. The highest BCUT2D eigenvalue weighted by Gasteiger charge is 2.36. The summed E-state index contributed by atoms with van der Waals surface area (Å²) in [6.45, 7) is 2.59. The van der Waals surface area contributed by atoms with Crippen LogP contribution in [0, 0.1) is 0 Å². The van der Waals surface area contributed by atoms with Crippen LogP contribution in [0.5, 0.6) is 0 Å². The Morgan fingerprint density at radius 1 is 0.881 bits per heavy atom. The molecule has 1 amide bonds. The van der Waals surface area contributed by atoms with Gasteiger partial charge in [-0.15, -0.1) is 0 Å². The van der Waals surface area contributed by atoms with E-state index in [1.807, 2.05) is 36.4 Å². The topological polar surface area (TPSA) is 32.7 Å². The van der Waals surface area contributed by atoms with Crippen LogP contribution in [0.2, 0.25) is 0 Å². The minimum atomic E-state index is -4.45. The van der Waals surface area contributed by atoms with E-state index in [1.54, 1.807) is 4.90 Å². The summed E-state index contributed by atoms with van der Waals surface area (Å²) in [5, 5.41) is 1.31. The van der Waals surface area contributed by atoms with E-state index in [9.17, 15) is 18.0 Å². The van der Waals surface area contributed by atoms with Crippen molar-refractivity contribution in [2.45, 2.75) is 82.6 Å². The molecule has 0 aromatic heterocycles. The summed E-state index contributed by atoms with van der Waals surface area (Å²) in [6, 6.07) is 22.7. The maximum absolute atomic E-state index is 14.0. The lowest BCUT2D eigenvalue weighted by Crippen LogP contribution is -2.37. The van der Waals surface area contributed by atoms with Crippen molar-refractivity contribution in [1.29, 1.82) is 0 Å². The maximum atomic E-state index is 14.0. The van der Waals surface area contributed by atoms with Crippen molar-refractivity contribution >= 4 is 25.0 Å². The number of aliphatic imine (C=N–C) groups is 1. The first-order chi connectivity index (χ1) is 20.4. The van der Waals surface area contributed by atoms with Crippen molar-refractivity contribution in [2.24, 2.45) is 4.99 Å². The zero-order valence-electron chi connectivity index (χ0n) is 24.3. The molecule has 5 rings (SSSR count). The summed E-state index contributed by atoms with van der Waals surface area (Å²) < 4.78 is 39.7. The van der Waals surface area contributed by atoms with Gasteiger partial charge < -0.3 is 0 Å². The second-order valence-electron chi connectivity index (χ2n) is 11.4. The van der Waals surface area contributed by atoms with Crippen LogP contribution in [0.3, 0.4) is 0 Å². The molecular formula is C35H40F3N2OP. The summed E-state index contributed by atoms with van der Waals surface area (Å²) in [5.41, 5.74) is 2.16. The molecule has 2 unspecified atom stereocenters. The smallest absolute Gasteiger partial charge is 0.290 e. The van der Waals surface area contributed by atoms with Gasteiger partial charge in [-0.05, 0) is 66.2 Å². The van der Waals surface area contributed by atoms with Gasteiger partial charge in [0.15, 0.2) is 0 Å². The summed E-state index contributed by atoms with van der Waals surface area (Å²) in [4.78, 5) is 20.8. The van der Waals surface area contributed by atoms with Gasteiger partial charge in [-0.3, -0.25) is 14.7 Å². The Kier molecular flexibility index (Phi) is 10.2. The molecule has 222 valence electrons. The van der Waals surface area contributed by atoms with Crippen molar-refractivity contribution in [2.75, 3.05) is 12.7 Å². The number of unbranched alkanes of at least 4 members (excludes halogenated alkanes) is 3. The van der Waals surface area contributed by atoms with E-state index in [4.69, 9.17) is 4.99 Å². The van der Waals surface area contributed by atoms with Crippen molar-refractivity contribution in [3.63, 3.8) is 0 Å². The largest absolute Gasteiger partial charge is 0.416 e. The molecule has 2 aliphatic rings. The summed E-state index contributed by atoms with van der Waals surface area (Å²) in [7, 11) is -0.450. The van der Waals surface area contributed by atoms with Gasteiger partial charge in [0.25, 0.3) is 5.91 Å². The molecule has 1 aliphatic carbocycles. The molecule has 1 saturated carbocycles. The average Bonchev–Trinajstić information content (AvgIpc) is 3.47. The number of alkyl halides is 3. The molecule has 7 heteroatoms. The van der Waals surface area contributed by atoms with Crippen molar-refractivity contribution < 1.29 is 18.0 Å². The van der Waals surface area contributed by atoms with Crippen LogP contribution in [-0.2, 0) is 6.18 Å². The van der Waals surface area contributed by atoms with Crippen LogP contribution in [0.25, 0.3) is 0 Å². The first kappa shape index (κ1) is 30.5. The molecule has 3 aromatic carbocycles. The van der Waals surface area contributed by atoms with E-state index in [1.165, 1.54) is 81.4 Å². The molecule has 2 atom stereocenters. The Morgan fingerprint density at radius 2 is 1.57 bits per heavy atom. The number of nitrogens with zero attached hydrogens (tertiary/aromatic N) is 2. The van der Waals surface area contributed by atoms with Gasteiger partial charge in [0, 0.05) is 11.1 Å². The lowest BCUT2D eigenvalue weighted by molar-refractivity contribution is -0.137. The highest BCUT2D eigenvalue weighted by Crippen LogP contribution is 2.49. The number of hydrogen-bond donors (Lipinski definition) is 0. The van der Waals surface area contributed by atoms with E-state index >= 15 is 0 Å². The highest BCUT2D eigenvalue weighted by molar-refractivity contribution is 7.66. The van der Waals surface area contributed by atoms with Crippen molar-refractivity contribution in [1.82, 2.24) is 4.90 Å². The lowest BCUT2D eigenvalue weighted by atomic mass is 10.0. The lowest BCUT2D eigenvalue weighted by Gasteiger charge is -2.33. The fourth-order valence-electron chi connectivity index (χ4n) is 6.24. The molecule has 0 spiro atoms. The monoisotopic (exact) mass is 592 g/mol.